The molecule has 0 aliphatic rings. The Morgan fingerprint density at radius 3 is 2.89 bits per heavy atom. The molecule has 0 saturated carbocycles. The van der Waals surface area contributed by atoms with E-state index in [0.717, 1.165) is 18.7 Å². The molecular weight excluding hydrogens is 112 g/mol. The molecule has 0 spiro atoms. The monoisotopic (exact) mass is 124 g/mol. The van der Waals surface area contributed by atoms with Gasteiger partial charge in [0.2, 0.25) is 0 Å². The van der Waals surface area contributed by atoms with Crippen molar-refractivity contribution in [2.45, 2.75) is 26.8 Å². The SMILES string of the molecule is CCCn1ccc(C)n1. The average Bonchev–Trinajstić information content (AvgIpc) is 2.17. The second-order valence-corrected chi connectivity index (χ2v) is 2.22. The zero-order chi connectivity index (χ0) is 6.69. The molecular formula is C7H12N2. The second kappa shape index (κ2) is 2.67. The van der Waals surface area contributed by atoms with Crippen molar-refractivity contribution in [3.63, 3.8) is 0 Å². The summed E-state index contributed by atoms with van der Waals surface area (Å²) in [6.07, 6.45) is 3.17. The Labute approximate surface area is 55.5 Å². The molecule has 1 rings (SSSR count). The summed E-state index contributed by atoms with van der Waals surface area (Å²) in [5.74, 6) is 0. The predicted molar refractivity (Wildman–Crippen MR) is 37.3 cm³/mol. The van der Waals surface area contributed by atoms with Crippen LogP contribution >= 0.6 is 0 Å². The van der Waals surface area contributed by atoms with Gasteiger partial charge in [-0.1, -0.05) is 6.92 Å². The highest BCUT2D eigenvalue weighted by Gasteiger charge is 1.88. The van der Waals surface area contributed by atoms with Crippen molar-refractivity contribution >= 4 is 0 Å². The molecule has 1 aromatic rings. The first-order valence-corrected chi connectivity index (χ1v) is 3.33. The van der Waals surface area contributed by atoms with Crippen LogP contribution in [-0.4, -0.2) is 9.78 Å². The fraction of sp³-hybridized carbons (Fsp3) is 0.571. The zero-order valence-corrected chi connectivity index (χ0v) is 5.96. The molecule has 0 aliphatic heterocycles. The van der Waals surface area contributed by atoms with Crippen LogP contribution < -0.4 is 0 Å². The van der Waals surface area contributed by atoms with Crippen LogP contribution in [0.1, 0.15) is 19.0 Å². The van der Waals surface area contributed by atoms with Crippen LogP contribution in [0.25, 0.3) is 0 Å². The van der Waals surface area contributed by atoms with Crippen LogP contribution in [0, 0.1) is 6.92 Å². The van der Waals surface area contributed by atoms with E-state index in [4.69, 9.17) is 0 Å². The van der Waals surface area contributed by atoms with Gasteiger partial charge in [0.05, 0.1) is 5.69 Å². The Morgan fingerprint density at radius 1 is 1.67 bits per heavy atom. The lowest BCUT2D eigenvalue weighted by Gasteiger charge is -1.93. The van der Waals surface area contributed by atoms with Crippen LogP contribution in [0.4, 0.5) is 0 Å². The third kappa shape index (κ3) is 1.56. The van der Waals surface area contributed by atoms with Gasteiger partial charge in [0.15, 0.2) is 0 Å². The van der Waals surface area contributed by atoms with E-state index >= 15 is 0 Å². The van der Waals surface area contributed by atoms with E-state index < -0.39 is 0 Å². The Bertz CT molecular complexity index is 179. The van der Waals surface area contributed by atoms with Gasteiger partial charge in [-0.3, -0.25) is 4.68 Å². The molecule has 0 radical (unpaired) electrons. The first kappa shape index (κ1) is 6.33. The summed E-state index contributed by atoms with van der Waals surface area (Å²) in [7, 11) is 0. The number of aryl methyl sites for hydroxylation is 2. The van der Waals surface area contributed by atoms with Gasteiger partial charge in [-0.05, 0) is 19.4 Å². The lowest BCUT2D eigenvalue weighted by molar-refractivity contribution is 0.598. The molecule has 50 valence electrons. The molecule has 1 heterocycles. The van der Waals surface area contributed by atoms with E-state index in [0.29, 0.717) is 0 Å². The third-order valence-corrected chi connectivity index (χ3v) is 1.23. The number of hydrogen-bond acceptors (Lipinski definition) is 1. The van der Waals surface area contributed by atoms with Crippen molar-refractivity contribution in [3.8, 4) is 0 Å². The van der Waals surface area contributed by atoms with E-state index in [2.05, 4.69) is 12.0 Å². The fourth-order valence-electron chi connectivity index (χ4n) is 0.817. The van der Waals surface area contributed by atoms with E-state index in [-0.39, 0.29) is 0 Å². The molecule has 0 unspecified atom stereocenters. The van der Waals surface area contributed by atoms with E-state index in [1.807, 2.05) is 23.9 Å². The van der Waals surface area contributed by atoms with Crippen LogP contribution in [0.15, 0.2) is 12.3 Å². The van der Waals surface area contributed by atoms with Gasteiger partial charge in [0, 0.05) is 12.7 Å². The van der Waals surface area contributed by atoms with E-state index in [1.54, 1.807) is 0 Å². The van der Waals surface area contributed by atoms with E-state index in [1.165, 1.54) is 0 Å². The van der Waals surface area contributed by atoms with Crippen LogP contribution in [-0.2, 0) is 6.54 Å². The summed E-state index contributed by atoms with van der Waals surface area (Å²) in [4.78, 5) is 0. The van der Waals surface area contributed by atoms with Crippen molar-refractivity contribution in [1.29, 1.82) is 0 Å². The normalized spacial score (nSPS) is 10.0. The van der Waals surface area contributed by atoms with Gasteiger partial charge in [0.1, 0.15) is 0 Å². The molecule has 0 aliphatic carbocycles. The minimum absolute atomic E-state index is 1.04. The minimum atomic E-state index is 1.04. The molecule has 0 fully saturated rings. The molecule has 0 N–H and O–H groups in total. The van der Waals surface area contributed by atoms with Crippen LogP contribution in [0.5, 0.6) is 0 Å². The lowest BCUT2D eigenvalue weighted by Crippen LogP contribution is -1.96. The number of nitrogens with zero attached hydrogens (tertiary/aromatic N) is 2. The zero-order valence-electron chi connectivity index (χ0n) is 5.96. The molecule has 0 amide bonds. The molecule has 0 aromatic carbocycles. The van der Waals surface area contributed by atoms with Gasteiger partial charge in [-0.2, -0.15) is 5.10 Å². The van der Waals surface area contributed by atoms with Gasteiger partial charge in [0.25, 0.3) is 0 Å². The van der Waals surface area contributed by atoms with Crippen LogP contribution in [0.2, 0.25) is 0 Å². The Kier molecular flexibility index (Phi) is 1.88. The maximum atomic E-state index is 4.22. The molecule has 2 heteroatoms. The summed E-state index contributed by atoms with van der Waals surface area (Å²) in [5, 5.41) is 4.22. The highest BCUT2D eigenvalue weighted by Crippen LogP contribution is 1.92. The fourth-order valence-corrected chi connectivity index (χ4v) is 0.817. The topological polar surface area (TPSA) is 17.8 Å². The maximum Gasteiger partial charge on any atom is 0.0593 e. The van der Waals surface area contributed by atoms with Crippen molar-refractivity contribution in [2.75, 3.05) is 0 Å². The quantitative estimate of drug-likeness (QED) is 0.585. The predicted octanol–water partition coefficient (Wildman–Crippen LogP) is 1.60. The first-order valence-electron chi connectivity index (χ1n) is 3.33. The van der Waals surface area contributed by atoms with Crippen molar-refractivity contribution in [3.05, 3.63) is 18.0 Å². The first-order chi connectivity index (χ1) is 4.33. The Balaban J connectivity index is 2.61. The summed E-state index contributed by atoms with van der Waals surface area (Å²) in [6, 6.07) is 2.02. The van der Waals surface area contributed by atoms with Gasteiger partial charge < -0.3 is 0 Å². The summed E-state index contributed by atoms with van der Waals surface area (Å²) in [5.41, 5.74) is 1.10. The number of aromatic nitrogens is 2. The lowest BCUT2D eigenvalue weighted by atomic mass is 10.5. The Morgan fingerprint density at radius 2 is 2.44 bits per heavy atom. The minimum Gasteiger partial charge on any atom is -0.273 e. The molecule has 1 aromatic heterocycles. The molecule has 0 atom stereocenters. The number of hydrogen-bond donors (Lipinski definition) is 0. The van der Waals surface area contributed by atoms with Gasteiger partial charge >= 0.3 is 0 Å². The van der Waals surface area contributed by atoms with Crippen molar-refractivity contribution < 1.29 is 0 Å². The second-order valence-electron chi connectivity index (χ2n) is 2.22. The maximum absolute atomic E-state index is 4.22. The summed E-state index contributed by atoms with van der Waals surface area (Å²) >= 11 is 0. The number of rotatable bonds is 2. The van der Waals surface area contributed by atoms with Crippen molar-refractivity contribution in [2.24, 2.45) is 0 Å². The largest absolute Gasteiger partial charge is 0.273 e. The highest BCUT2D eigenvalue weighted by molar-refractivity contribution is 4.94. The van der Waals surface area contributed by atoms with E-state index in [9.17, 15) is 0 Å². The average molecular weight is 124 g/mol. The molecule has 2 nitrogen and oxygen atoms in total. The molecule has 0 bridgehead atoms. The summed E-state index contributed by atoms with van der Waals surface area (Å²) < 4.78 is 1.97. The van der Waals surface area contributed by atoms with Gasteiger partial charge in [-0.15, -0.1) is 0 Å². The van der Waals surface area contributed by atoms with Crippen LogP contribution in [0.3, 0.4) is 0 Å². The molecule has 0 saturated heterocycles. The smallest absolute Gasteiger partial charge is 0.0593 e. The summed E-state index contributed by atoms with van der Waals surface area (Å²) in [6.45, 7) is 5.19. The Hall–Kier alpha value is -0.790. The van der Waals surface area contributed by atoms with Crippen molar-refractivity contribution in [1.82, 2.24) is 9.78 Å². The highest BCUT2D eigenvalue weighted by atomic mass is 15.3. The molecule has 9 heavy (non-hydrogen) atoms. The third-order valence-electron chi connectivity index (χ3n) is 1.23. The standard InChI is InChI=1S/C7H12N2/c1-3-5-9-6-4-7(2)8-9/h4,6H,3,5H2,1-2H3. The van der Waals surface area contributed by atoms with Gasteiger partial charge in [-0.25, -0.2) is 0 Å².